The molecule has 0 radical (unpaired) electrons. The molecule has 0 aliphatic heterocycles. The van der Waals surface area contributed by atoms with Crippen LogP contribution in [0.5, 0.6) is 11.5 Å². The number of phenols is 1. The van der Waals surface area contributed by atoms with Gasteiger partial charge in [-0.1, -0.05) is 18.7 Å². The van der Waals surface area contributed by atoms with Crippen LogP contribution in [0.15, 0.2) is 58.7 Å². The molecule has 0 heterocycles. The zero-order chi connectivity index (χ0) is 23.9. The topological polar surface area (TPSA) is 60.7 Å². The molecule has 2 rings (SSSR count). The van der Waals surface area contributed by atoms with Crippen molar-refractivity contribution in [1.82, 2.24) is 9.56 Å². The van der Waals surface area contributed by atoms with Gasteiger partial charge in [-0.2, -0.15) is 10.2 Å². The molecule has 32 heavy (non-hydrogen) atoms. The second-order valence-electron chi connectivity index (χ2n) is 7.09. The van der Waals surface area contributed by atoms with Crippen molar-refractivity contribution >= 4 is 70.3 Å². The lowest BCUT2D eigenvalue weighted by molar-refractivity contribution is 0.171. The first-order chi connectivity index (χ1) is 14.9. The number of hydrazone groups is 2. The third-order valence-electron chi connectivity index (χ3n) is 4.63. The van der Waals surface area contributed by atoms with E-state index in [1.54, 1.807) is 48.5 Å². The van der Waals surface area contributed by atoms with Gasteiger partial charge >= 0.3 is 0 Å². The molecule has 0 saturated heterocycles. The number of nitrogens with zero attached hydrogens (tertiary/aromatic N) is 4. The number of aromatic hydroxyl groups is 1. The van der Waals surface area contributed by atoms with Crippen LogP contribution in [-0.2, 0) is 23.6 Å². The van der Waals surface area contributed by atoms with Crippen molar-refractivity contribution in [3.8, 4) is 11.5 Å². The molecule has 0 fully saturated rings. The molecule has 0 aliphatic carbocycles. The van der Waals surface area contributed by atoms with Gasteiger partial charge < -0.3 is 9.84 Å². The van der Waals surface area contributed by atoms with E-state index in [0.717, 1.165) is 17.5 Å². The molecule has 2 aromatic rings. The first kappa shape index (κ1) is 27.1. The highest BCUT2D eigenvalue weighted by Gasteiger charge is 2.31. The highest BCUT2D eigenvalue weighted by molar-refractivity contribution is 8.37. The Hall–Kier alpha value is -1.14. The van der Waals surface area contributed by atoms with E-state index in [9.17, 15) is 5.11 Å². The fourth-order valence-corrected chi connectivity index (χ4v) is 5.05. The van der Waals surface area contributed by atoms with Crippen molar-refractivity contribution in [2.24, 2.45) is 10.2 Å². The van der Waals surface area contributed by atoms with Crippen LogP contribution in [0.3, 0.4) is 0 Å². The molecule has 0 spiro atoms. The fourth-order valence-electron chi connectivity index (χ4n) is 2.47. The van der Waals surface area contributed by atoms with Crippen molar-refractivity contribution in [3.05, 3.63) is 59.7 Å². The number of hydrogen-bond acceptors (Lipinski definition) is 6. The summed E-state index contributed by atoms with van der Waals surface area (Å²) in [6.07, 6.45) is 4.09. The van der Waals surface area contributed by atoms with Crippen molar-refractivity contribution in [2.45, 2.75) is 25.6 Å². The van der Waals surface area contributed by atoms with E-state index in [2.05, 4.69) is 10.2 Å². The van der Waals surface area contributed by atoms with Gasteiger partial charge in [0.15, 0.2) is 0 Å². The second-order valence-corrected chi connectivity index (χ2v) is 18.3. The van der Waals surface area contributed by atoms with E-state index in [-0.39, 0.29) is 5.75 Å². The molecule has 0 amide bonds. The maximum absolute atomic E-state index is 9.40. The quantitative estimate of drug-likeness (QED) is 0.209. The molecule has 6 nitrogen and oxygen atoms in total. The summed E-state index contributed by atoms with van der Waals surface area (Å²) in [5.41, 5.74) is 1.74. The zero-order valence-electron chi connectivity index (χ0n) is 18.1. The standard InChI is InChI=1S/C20H26Cl2N4O2P2S2/c1-5-20(2,29(31)25(3)23-14-16-6-10-18(27)11-7-16)28-19-12-8-17(9-13-19)15-24-26(4)30(21,22)32/h6-15,27,29H,5H2,1-4H3/b23-14+,24-15+. The molecule has 174 valence electrons. The van der Waals surface area contributed by atoms with Gasteiger partial charge in [-0.05, 0) is 107 Å². The molecule has 0 bridgehead atoms. The first-order valence-corrected chi connectivity index (χ1v) is 16.8. The molecule has 2 atom stereocenters. The van der Waals surface area contributed by atoms with E-state index < -0.39 is 17.1 Å². The SMILES string of the molecule is CCC(C)(Oc1ccc(/C=N/N(C)P(=S)(Cl)Cl)cc1)[PH](=S)N(C)/N=C/c1ccc(O)cc1. The highest BCUT2D eigenvalue weighted by Crippen LogP contribution is 2.59. The smallest absolute Gasteiger partial charge is 0.222 e. The van der Waals surface area contributed by atoms with Gasteiger partial charge in [0.25, 0.3) is 0 Å². The number of hydrogen-bond donors (Lipinski definition) is 1. The van der Waals surface area contributed by atoms with Crippen LogP contribution in [0.4, 0.5) is 0 Å². The molecule has 2 aromatic carbocycles. The van der Waals surface area contributed by atoms with Gasteiger partial charge in [0, 0.05) is 14.1 Å². The summed E-state index contributed by atoms with van der Waals surface area (Å²) >= 11 is 22.7. The largest absolute Gasteiger partial charge is 0.508 e. The molecule has 2 unspecified atom stereocenters. The van der Waals surface area contributed by atoms with E-state index >= 15 is 0 Å². The predicted molar refractivity (Wildman–Crippen MR) is 146 cm³/mol. The third kappa shape index (κ3) is 8.02. The average Bonchev–Trinajstić information content (AvgIpc) is 2.76. The summed E-state index contributed by atoms with van der Waals surface area (Å²) in [5.74, 6) is 0.927. The summed E-state index contributed by atoms with van der Waals surface area (Å²) < 4.78 is 9.52. The lowest BCUT2D eigenvalue weighted by Crippen LogP contribution is -2.30. The van der Waals surface area contributed by atoms with Crippen LogP contribution < -0.4 is 4.74 Å². The van der Waals surface area contributed by atoms with Crippen LogP contribution in [0.2, 0.25) is 0 Å². The monoisotopic (exact) mass is 550 g/mol. The number of benzene rings is 2. The third-order valence-corrected chi connectivity index (χ3v) is 11.6. The minimum Gasteiger partial charge on any atom is -0.508 e. The van der Waals surface area contributed by atoms with Crippen molar-refractivity contribution < 1.29 is 9.84 Å². The Labute approximate surface area is 210 Å². The van der Waals surface area contributed by atoms with Crippen molar-refractivity contribution in [3.63, 3.8) is 0 Å². The summed E-state index contributed by atoms with van der Waals surface area (Å²) in [6, 6.07) is 14.3. The molecular weight excluding hydrogens is 525 g/mol. The maximum atomic E-state index is 9.40. The lowest BCUT2D eigenvalue weighted by atomic mass is 10.2. The minimum atomic E-state index is -2.63. The number of ether oxygens (including phenoxy) is 1. The Morgan fingerprint density at radius 1 is 1.06 bits per heavy atom. The summed E-state index contributed by atoms with van der Waals surface area (Å²) in [5, 5.41) is 17.5. The average molecular weight is 551 g/mol. The number of rotatable bonds is 10. The first-order valence-electron chi connectivity index (χ1n) is 9.62. The van der Waals surface area contributed by atoms with Gasteiger partial charge in [0.05, 0.1) is 19.3 Å². The summed E-state index contributed by atoms with van der Waals surface area (Å²) in [6.45, 7) is 2.46. The van der Waals surface area contributed by atoms with Gasteiger partial charge in [-0.15, -0.1) is 0 Å². The second kappa shape index (κ2) is 11.8. The lowest BCUT2D eigenvalue weighted by Gasteiger charge is -2.34. The molecular formula is C20H26Cl2N4O2P2S2. The van der Waals surface area contributed by atoms with Crippen molar-refractivity contribution in [1.29, 1.82) is 0 Å². The van der Waals surface area contributed by atoms with E-state index in [0.29, 0.717) is 5.75 Å². The van der Waals surface area contributed by atoms with Crippen molar-refractivity contribution in [2.75, 3.05) is 14.1 Å². The molecule has 0 saturated carbocycles. The van der Waals surface area contributed by atoms with Gasteiger partial charge in [0.1, 0.15) is 16.8 Å². The Morgan fingerprint density at radius 3 is 2.06 bits per heavy atom. The Kier molecular flexibility index (Phi) is 10.0. The van der Waals surface area contributed by atoms with Crippen LogP contribution in [0.25, 0.3) is 0 Å². The summed E-state index contributed by atoms with van der Waals surface area (Å²) in [7, 11) is 3.51. The van der Waals surface area contributed by atoms with E-state index in [1.807, 2.05) is 45.2 Å². The van der Waals surface area contributed by atoms with Crippen LogP contribution >= 0.6 is 34.2 Å². The van der Waals surface area contributed by atoms with E-state index in [4.69, 9.17) is 50.8 Å². The minimum absolute atomic E-state index is 0.216. The number of phenolic OH excluding ortho intramolecular Hbond substituents is 1. The highest BCUT2D eigenvalue weighted by atomic mass is 35.9. The predicted octanol–water partition coefficient (Wildman–Crippen LogP) is 6.42. The Morgan fingerprint density at radius 2 is 1.56 bits per heavy atom. The fraction of sp³-hybridized carbons (Fsp3) is 0.300. The molecule has 0 aliphatic rings. The zero-order valence-corrected chi connectivity index (χ0v) is 23.2. The van der Waals surface area contributed by atoms with Gasteiger partial charge in [-0.25, -0.2) is 4.78 Å². The van der Waals surface area contributed by atoms with Crippen LogP contribution in [-0.4, -0.2) is 46.5 Å². The Balaban J connectivity index is 2.08. The molecule has 1 N–H and O–H groups in total. The van der Waals surface area contributed by atoms with E-state index in [1.165, 1.54) is 4.78 Å². The Bertz CT molecular complexity index is 1030. The molecule has 0 aromatic heterocycles. The maximum Gasteiger partial charge on any atom is 0.222 e. The molecule has 12 heteroatoms. The van der Waals surface area contributed by atoms with Crippen LogP contribution in [0, 0.1) is 0 Å². The van der Waals surface area contributed by atoms with Gasteiger partial charge in [0.2, 0.25) is 4.89 Å². The normalized spacial score (nSPS) is 14.9. The van der Waals surface area contributed by atoms with Crippen LogP contribution in [0.1, 0.15) is 31.4 Å². The number of halogens is 2. The summed E-state index contributed by atoms with van der Waals surface area (Å²) in [4.78, 5) is -2.63. The van der Waals surface area contributed by atoms with Gasteiger partial charge in [-0.3, -0.25) is 4.78 Å².